The molecule has 8 heteroatoms. The normalized spacial score (nSPS) is 11.3. The van der Waals surface area contributed by atoms with E-state index >= 15 is 0 Å². The highest BCUT2D eigenvalue weighted by molar-refractivity contribution is 6.31. The fraction of sp³-hybridized carbons (Fsp3) is 0. The Morgan fingerprint density at radius 2 is 2.00 bits per heavy atom. The lowest BCUT2D eigenvalue weighted by Gasteiger charge is -2.00. The Kier molecular flexibility index (Phi) is 4.50. The van der Waals surface area contributed by atoms with Crippen LogP contribution in [0.25, 0.3) is 22.6 Å². The first-order valence-corrected chi connectivity index (χ1v) is 8.55. The van der Waals surface area contributed by atoms with Crippen LogP contribution in [0.3, 0.4) is 0 Å². The quantitative estimate of drug-likeness (QED) is 0.279. The maximum absolute atomic E-state index is 10.9. The molecule has 28 heavy (non-hydrogen) atoms. The number of nitro groups is 1. The Morgan fingerprint density at radius 3 is 2.82 bits per heavy atom. The number of fused-ring (bicyclic) bond motifs is 1. The Morgan fingerprint density at radius 1 is 1.14 bits per heavy atom. The summed E-state index contributed by atoms with van der Waals surface area (Å²) in [5.74, 6) is 0.328. The third-order valence-corrected chi connectivity index (χ3v) is 4.25. The van der Waals surface area contributed by atoms with Crippen molar-refractivity contribution in [1.82, 2.24) is 4.98 Å². The molecule has 0 aliphatic rings. The van der Waals surface area contributed by atoms with Crippen LogP contribution in [0.15, 0.2) is 70.1 Å². The van der Waals surface area contributed by atoms with Gasteiger partial charge in [-0.15, -0.1) is 0 Å². The standard InChI is InChI=1S/C20H12ClN3O4/c21-14-4-7-19-17(10-14)23-20(28-19)12-2-1-3-15(8-12)22-11-13-9-16(24(26)27)5-6-18(13)25/h1-11,25H. The molecule has 4 rings (SSSR count). The maximum Gasteiger partial charge on any atom is 0.270 e. The number of nitro benzene ring substituents is 1. The number of hydrogen-bond acceptors (Lipinski definition) is 6. The molecular formula is C20H12ClN3O4. The molecule has 1 N–H and O–H groups in total. The summed E-state index contributed by atoms with van der Waals surface area (Å²) >= 11 is 5.98. The topological polar surface area (TPSA) is 102 Å². The van der Waals surface area contributed by atoms with Gasteiger partial charge in [-0.3, -0.25) is 15.1 Å². The Hall–Kier alpha value is -3.71. The number of aromatic nitrogens is 1. The molecule has 1 aromatic heterocycles. The number of oxazole rings is 1. The summed E-state index contributed by atoms with van der Waals surface area (Å²) in [6, 6.07) is 16.1. The molecule has 0 fully saturated rings. The highest BCUT2D eigenvalue weighted by Gasteiger charge is 2.10. The Balaban J connectivity index is 1.66. The van der Waals surface area contributed by atoms with E-state index in [9.17, 15) is 15.2 Å². The number of nitrogens with zero attached hydrogens (tertiary/aromatic N) is 3. The van der Waals surface area contributed by atoms with Crippen LogP contribution in [0.2, 0.25) is 5.02 Å². The van der Waals surface area contributed by atoms with Gasteiger partial charge < -0.3 is 9.52 Å². The number of rotatable bonds is 4. The number of aromatic hydroxyl groups is 1. The lowest BCUT2D eigenvalue weighted by atomic mass is 10.2. The van der Waals surface area contributed by atoms with Gasteiger partial charge in [0.1, 0.15) is 11.3 Å². The molecule has 0 unspecified atom stereocenters. The summed E-state index contributed by atoms with van der Waals surface area (Å²) in [6.45, 7) is 0. The zero-order valence-corrected chi connectivity index (χ0v) is 15.0. The third-order valence-electron chi connectivity index (χ3n) is 4.02. The average Bonchev–Trinajstić information content (AvgIpc) is 3.10. The lowest BCUT2D eigenvalue weighted by Crippen LogP contribution is -1.90. The van der Waals surface area contributed by atoms with Crippen molar-refractivity contribution in [1.29, 1.82) is 0 Å². The van der Waals surface area contributed by atoms with Crippen molar-refractivity contribution in [3.05, 3.63) is 81.4 Å². The minimum atomic E-state index is -0.531. The van der Waals surface area contributed by atoms with Crippen LogP contribution in [0.4, 0.5) is 11.4 Å². The lowest BCUT2D eigenvalue weighted by molar-refractivity contribution is -0.384. The molecule has 0 atom stereocenters. The Labute approximate surface area is 163 Å². The molecule has 0 aliphatic carbocycles. The SMILES string of the molecule is O=[N+]([O-])c1ccc(O)c(C=Nc2cccc(-c3nc4cc(Cl)ccc4o3)c2)c1. The van der Waals surface area contributed by atoms with Crippen LogP contribution >= 0.6 is 11.6 Å². The van der Waals surface area contributed by atoms with Crippen LogP contribution in [-0.4, -0.2) is 21.2 Å². The summed E-state index contributed by atoms with van der Waals surface area (Å²) in [5, 5.41) is 21.3. The van der Waals surface area contributed by atoms with Gasteiger partial charge in [-0.2, -0.15) is 0 Å². The van der Waals surface area contributed by atoms with Gasteiger partial charge in [0.05, 0.1) is 10.6 Å². The number of hydrogen-bond donors (Lipinski definition) is 1. The molecule has 0 saturated heterocycles. The second-order valence-electron chi connectivity index (χ2n) is 5.94. The zero-order chi connectivity index (χ0) is 19.7. The number of benzene rings is 3. The van der Waals surface area contributed by atoms with E-state index in [-0.39, 0.29) is 17.0 Å². The van der Waals surface area contributed by atoms with Crippen LogP contribution in [0.1, 0.15) is 5.56 Å². The molecule has 0 bridgehead atoms. The van der Waals surface area contributed by atoms with E-state index in [1.807, 2.05) is 6.07 Å². The number of phenolic OH excluding ortho intramolecular Hbond substituents is 1. The van der Waals surface area contributed by atoms with Crippen molar-refractivity contribution >= 4 is 40.3 Å². The van der Waals surface area contributed by atoms with Gasteiger partial charge in [0.2, 0.25) is 5.89 Å². The summed E-state index contributed by atoms with van der Waals surface area (Å²) in [4.78, 5) is 19.1. The van der Waals surface area contributed by atoms with Crippen LogP contribution < -0.4 is 0 Å². The highest BCUT2D eigenvalue weighted by atomic mass is 35.5. The van der Waals surface area contributed by atoms with E-state index in [4.69, 9.17) is 16.0 Å². The zero-order valence-electron chi connectivity index (χ0n) is 14.2. The summed E-state index contributed by atoms with van der Waals surface area (Å²) in [6.07, 6.45) is 1.37. The summed E-state index contributed by atoms with van der Waals surface area (Å²) in [5.41, 5.74) is 2.68. The van der Waals surface area contributed by atoms with Gasteiger partial charge >= 0.3 is 0 Å². The van der Waals surface area contributed by atoms with Crippen LogP contribution in [0, 0.1) is 10.1 Å². The Bertz CT molecular complexity index is 1230. The van der Waals surface area contributed by atoms with E-state index in [1.54, 1.807) is 36.4 Å². The van der Waals surface area contributed by atoms with E-state index in [0.717, 1.165) is 0 Å². The number of aliphatic imine (C=N–C) groups is 1. The molecule has 0 spiro atoms. The first-order valence-electron chi connectivity index (χ1n) is 8.17. The first kappa shape index (κ1) is 17.7. The predicted octanol–water partition coefficient (Wildman–Crippen LogP) is 5.51. The van der Waals surface area contributed by atoms with Crippen molar-refractivity contribution in [2.45, 2.75) is 0 Å². The highest BCUT2D eigenvalue weighted by Crippen LogP contribution is 2.29. The second kappa shape index (κ2) is 7.13. The van der Waals surface area contributed by atoms with Crippen molar-refractivity contribution in [3.8, 4) is 17.2 Å². The largest absolute Gasteiger partial charge is 0.507 e. The van der Waals surface area contributed by atoms with Crippen molar-refractivity contribution in [3.63, 3.8) is 0 Å². The first-order chi connectivity index (χ1) is 13.5. The predicted molar refractivity (Wildman–Crippen MR) is 106 cm³/mol. The summed E-state index contributed by atoms with van der Waals surface area (Å²) < 4.78 is 5.75. The molecular weight excluding hydrogens is 382 g/mol. The van der Waals surface area contributed by atoms with Crippen LogP contribution in [0.5, 0.6) is 5.75 Å². The van der Waals surface area contributed by atoms with Crippen molar-refractivity contribution in [2.75, 3.05) is 0 Å². The smallest absolute Gasteiger partial charge is 0.270 e. The molecule has 138 valence electrons. The van der Waals surface area contributed by atoms with Crippen molar-refractivity contribution < 1.29 is 14.4 Å². The fourth-order valence-electron chi connectivity index (χ4n) is 2.65. The third kappa shape index (κ3) is 3.56. The van der Waals surface area contributed by atoms with Gasteiger partial charge in [-0.25, -0.2) is 4.98 Å². The molecule has 0 saturated carbocycles. The van der Waals surface area contributed by atoms with Crippen LogP contribution in [-0.2, 0) is 0 Å². The van der Waals surface area contributed by atoms with Gasteiger partial charge in [-0.05, 0) is 42.5 Å². The van der Waals surface area contributed by atoms with E-state index < -0.39 is 4.92 Å². The van der Waals surface area contributed by atoms with Gasteiger partial charge in [-0.1, -0.05) is 17.7 Å². The number of phenols is 1. The fourth-order valence-corrected chi connectivity index (χ4v) is 2.81. The minimum absolute atomic E-state index is 0.0960. The van der Waals surface area contributed by atoms with E-state index in [0.29, 0.717) is 33.3 Å². The van der Waals surface area contributed by atoms with Crippen molar-refractivity contribution in [2.24, 2.45) is 4.99 Å². The second-order valence-corrected chi connectivity index (χ2v) is 6.38. The molecule has 0 aliphatic heterocycles. The van der Waals surface area contributed by atoms with E-state index in [2.05, 4.69) is 9.98 Å². The minimum Gasteiger partial charge on any atom is -0.507 e. The van der Waals surface area contributed by atoms with Gasteiger partial charge in [0.25, 0.3) is 5.69 Å². The number of non-ortho nitro benzene ring substituents is 1. The monoisotopic (exact) mass is 393 g/mol. The molecule has 0 amide bonds. The summed E-state index contributed by atoms with van der Waals surface area (Å²) in [7, 11) is 0. The molecule has 7 nitrogen and oxygen atoms in total. The van der Waals surface area contributed by atoms with E-state index in [1.165, 1.54) is 24.4 Å². The molecule has 1 heterocycles. The molecule has 0 radical (unpaired) electrons. The number of halogens is 1. The molecule has 4 aromatic rings. The molecule has 3 aromatic carbocycles. The van der Waals surface area contributed by atoms with Gasteiger partial charge in [0.15, 0.2) is 5.58 Å². The maximum atomic E-state index is 10.9. The van der Waals surface area contributed by atoms with Gasteiger partial charge in [0, 0.05) is 34.5 Å². The average molecular weight is 394 g/mol.